The normalized spacial score (nSPS) is 10.8. The Labute approximate surface area is 173 Å². The van der Waals surface area contributed by atoms with Crippen LogP contribution >= 0.6 is 0 Å². The molecule has 2 aromatic heterocycles. The molecule has 0 fully saturated rings. The number of hydrogen-bond acceptors (Lipinski definition) is 4. The summed E-state index contributed by atoms with van der Waals surface area (Å²) in [5.74, 6) is -0.351. The SMILES string of the molecule is Cc1ccnc(-c2c(-c3ccc(F)cc3)noc2NC(=O)Cc2ccccc2)c1C. The van der Waals surface area contributed by atoms with Gasteiger partial charge in [0.25, 0.3) is 0 Å². The Morgan fingerprint density at radius 3 is 2.47 bits per heavy atom. The van der Waals surface area contributed by atoms with Crippen molar-refractivity contribution in [1.82, 2.24) is 10.1 Å². The lowest BCUT2D eigenvalue weighted by molar-refractivity contribution is -0.115. The third kappa shape index (κ3) is 3.98. The topological polar surface area (TPSA) is 68.0 Å². The predicted octanol–water partition coefficient (Wildman–Crippen LogP) is 5.34. The second-order valence-electron chi connectivity index (χ2n) is 7.05. The fourth-order valence-electron chi connectivity index (χ4n) is 3.24. The van der Waals surface area contributed by atoms with Gasteiger partial charge in [-0.25, -0.2) is 4.39 Å². The first-order valence-corrected chi connectivity index (χ1v) is 9.55. The monoisotopic (exact) mass is 401 g/mol. The minimum absolute atomic E-state index is 0.201. The van der Waals surface area contributed by atoms with Crippen LogP contribution in [-0.4, -0.2) is 16.0 Å². The lowest BCUT2D eigenvalue weighted by Crippen LogP contribution is -2.14. The molecule has 0 unspecified atom stereocenters. The van der Waals surface area contributed by atoms with E-state index < -0.39 is 0 Å². The molecular formula is C24H20FN3O2. The van der Waals surface area contributed by atoms with Crippen LogP contribution in [0.5, 0.6) is 0 Å². The molecule has 1 N–H and O–H groups in total. The molecule has 0 aliphatic heterocycles. The lowest BCUT2D eigenvalue weighted by Gasteiger charge is -2.10. The number of aromatic nitrogens is 2. The van der Waals surface area contributed by atoms with Gasteiger partial charge in [0, 0.05) is 11.8 Å². The van der Waals surface area contributed by atoms with E-state index in [-0.39, 0.29) is 24.0 Å². The molecular weight excluding hydrogens is 381 g/mol. The van der Waals surface area contributed by atoms with Gasteiger partial charge in [0.1, 0.15) is 11.5 Å². The number of nitrogens with zero attached hydrogens (tertiary/aromatic N) is 2. The molecule has 6 heteroatoms. The Bertz CT molecular complexity index is 1190. The van der Waals surface area contributed by atoms with E-state index in [1.54, 1.807) is 18.3 Å². The van der Waals surface area contributed by atoms with E-state index in [4.69, 9.17) is 4.52 Å². The van der Waals surface area contributed by atoms with E-state index in [0.717, 1.165) is 16.7 Å². The lowest BCUT2D eigenvalue weighted by atomic mass is 9.99. The average molecular weight is 401 g/mol. The summed E-state index contributed by atoms with van der Waals surface area (Å²) in [5.41, 5.74) is 5.28. The Morgan fingerprint density at radius 1 is 1.00 bits per heavy atom. The van der Waals surface area contributed by atoms with E-state index in [1.165, 1.54) is 12.1 Å². The van der Waals surface area contributed by atoms with Gasteiger partial charge in [-0.2, -0.15) is 0 Å². The number of aryl methyl sites for hydroxylation is 1. The van der Waals surface area contributed by atoms with Crippen LogP contribution in [-0.2, 0) is 11.2 Å². The van der Waals surface area contributed by atoms with Crippen LogP contribution in [0, 0.1) is 19.7 Å². The summed E-state index contributed by atoms with van der Waals surface area (Å²) >= 11 is 0. The molecule has 0 atom stereocenters. The Hall–Kier alpha value is -3.80. The largest absolute Gasteiger partial charge is 0.337 e. The number of nitrogens with one attached hydrogen (secondary N) is 1. The van der Waals surface area contributed by atoms with Gasteiger partial charge in [-0.05, 0) is 60.9 Å². The Morgan fingerprint density at radius 2 is 1.73 bits per heavy atom. The minimum atomic E-state index is -0.343. The summed E-state index contributed by atoms with van der Waals surface area (Å²) in [7, 11) is 0. The van der Waals surface area contributed by atoms with Crippen LogP contribution in [0.2, 0.25) is 0 Å². The number of halogens is 1. The molecule has 0 saturated heterocycles. The van der Waals surface area contributed by atoms with Gasteiger partial charge >= 0.3 is 0 Å². The van der Waals surface area contributed by atoms with E-state index in [0.29, 0.717) is 22.5 Å². The van der Waals surface area contributed by atoms with Crippen LogP contribution in [0.1, 0.15) is 16.7 Å². The summed E-state index contributed by atoms with van der Waals surface area (Å²) < 4.78 is 18.9. The predicted molar refractivity (Wildman–Crippen MR) is 113 cm³/mol. The van der Waals surface area contributed by atoms with Crippen molar-refractivity contribution in [1.29, 1.82) is 0 Å². The smallest absolute Gasteiger partial charge is 0.241 e. The fraction of sp³-hybridized carbons (Fsp3) is 0.125. The number of amides is 1. The van der Waals surface area contributed by atoms with Crippen LogP contribution < -0.4 is 5.32 Å². The van der Waals surface area contributed by atoms with E-state index in [1.807, 2.05) is 50.2 Å². The summed E-state index contributed by atoms with van der Waals surface area (Å²) in [6.07, 6.45) is 1.90. The number of hydrogen-bond donors (Lipinski definition) is 1. The molecule has 0 saturated carbocycles. The quantitative estimate of drug-likeness (QED) is 0.490. The van der Waals surface area contributed by atoms with Gasteiger partial charge in [0.2, 0.25) is 11.8 Å². The highest BCUT2D eigenvalue weighted by Gasteiger charge is 2.24. The molecule has 0 radical (unpaired) electrons. The number of carbonyl (C=O) groups is 1. The highest BCUT2D eigenvalue weighted by Crippen LogP contribution is 2.38. The average Bonchev–Trinajstić information content (AvgIpc) is 3.14. The number of benzene rings is 2. The van der Waals surface area contributed by atoms with Gasteiger partial charge in [-0.3, -0.25) is 15.1 Å². The van der Waals surface area contributed by atoms with Gasteiger partial charge < -0.3 is 4.52 Å². The third-order valence-corrected chi connectivity index (χ3v) is 4.98. The number of rotatable bonds is 5. The molecule has 0 spiro atoms. The molecule has 1 amide bonds. The molecule has 5 nitrogen and oxygen atoms in total. The van der Waals surface area contributed by atoms with Crippen molar-refractivity contribution in [3.05, 3.63) is 89.4 Å². The Kier molecular flexibility index (Phi) is 5.39. The van der Waals surface area contributed by atoms with Crippen LogP contribution in [0.3, 0.4) is 0 Å². The van der Waals surface area contributed by atoms with Crippen LogP contribution in [0.15, 0.2) is 71.4 Å². The molecule has 0 bridgehead atoms. The van der Waals surface area contributed by atoms with Crippen molar-refractivity contribution in [3.63, 3.8) is 0 Å². The maximum absolute atomic E-state index is 13.4. The molecule has 0 aliphatic carbocycles. The third-order valence-electron chi connectivity index (χ3n) is 4.98. The van der Waals surface area contributed by atoms with Gasteiger partial charge in [-0.15, -0.1) is 0 Å². The van der Waals surface area contributed by atoms with Gasteiger partial charge in [-0.1, -0.05) is 35.5 Å². The van der Waals surface area contributed by atoms with Crippen molar-refractivity contribution >= 4 is 11.8 Å². The number of anilines is 1. The number of carbonyl (C=O) groups excluding carboxylic acids is 1. The summed E-state index contributed by atoms with van der Waals surface area (Å²) in [6, 6.07) is 17.3. The van der Waals surface area contributed by atoms with Crippen LogP contribution in [0.25, 0.3) is 22.5 Å². The van der Waals surface area contributed by atoms with E-state index in [9.17, 15) is 9.18 Å². The second-order valence-corrected chi connectivity index (χ2v) is 7.05. The number of pyridine rings is 1. The standard InChI is InChI=1S/C24H20FN3O2/c1-15-12-13-26-22(16(15)2)21-23(18-8-10-19(25)11-9-18)28-30-24(21)27-20(29)14-17-6-4-3-5-7-17/h3-13H,14H2,1-2H3,(H,27,29). The molecule has 30 heavy (non-hydrogen) atoms. The maximum Gasteiger partial charge on any atom is 0.241 e. The summed E-state index contributed by atoms with van der Waals surface area (Å²) in [6.45, 7) is 3.94. The van der Waals surface area contributed by atoms with Crippen molar-refractivity contribution in [2.75, 3.05) is 5.32 Å². The van der Waals surface area contributed by atoms with E-state index in [2.05, 4.69) is 15.5 Å². The summed E-state index contributed by atoms with van der Waals surface area (Å²) in [5, 5.41) is 6.99. The zero-order valence-corrected chi connectivity index (χ0v) is 16.6. The molecule has 4 rings (SSSR count). The zero-order chi connectivity index (χ0) is 21.1. The fourth-order valence-corrected chi connectivity index (χ4v) is 3.24. The minimum Gasteiger partial charge on any atom is -0.337 e. The van der Waals surface area contributed by atoms with E-state index >= 15 is 0 Å². The second kappa shape index (κ2) is 8.29. The molecule has 150 valence electrons. The van der Waals surface area contributed by atoms with Gasteiger partial charge in [0.15, 0.2) is 0 Å². The van der Waals surface area contributed by atoms with Crippen LogP contribution in [0.4, 0.5) is 10.3 Å². The molecule has 2 aromatic carbocycles. The molecule has 4 aromatic rings. The molecule has 0 aliphatic rings. The van der Waals surface area contributed by atoms with Crippen molar-refractivity contribution in [2.45, 2.75) is 20.3 Å². The molecule has 2 heterocycles. The Balaban J connectivity index is 1.76. The maximum atomic E-state index is 13.4. The highest BCUT2D eigenvalue weighted by atomic mass is 19.1. The van der Waals surface area contributed by atoms with Crippen molar-refractivity contribution < 1.29 is 13.7 Å². The first kappa shape index (κ1) is 19.5. The van der Waals surface area contributed by atoms with Gasteiger partial charge in [0.05, 0.1) is 17.7 Å². The first-order chi connectivity index (χ1) is 14.5. The van der Waals surface area contributed by atoms with Crippen molar-refractivity contribution in [2.24, 2.45) is 0 Å². The summed E-state index contributed by atoms with van der Waals surface area (Å²) in [4.78, 5) is 17.2. The zero-order valence-electron chi connectivity index (χ0n) is 16.6. The first-order valence-electron chi connectivity index (χ1n) is 9.55. The van der Waals surface area contributed by atoms with Crippen molar-refractivity contribution in [3.8, 4) is 22.5 Å². The highest BCUT2D eigenvalue weighted by molar-refractivity contribution is 5.97.